The number of para-hydroxylation sites is 1. The Morgan fingerprint density at radius 3 is 3.06 bits per heavy atom. The molecule has 1 aliphatic rings. The van der Waals surface area contributed by atoms with Gasteiger partial charge in [0.15, 0.2) is 6.10 Å². The predicted octanol–water partition coefficient (Wildman–Crippen LogP) is 2.16. The number of benzene rings is 1. The van der Waals surface area contributed by atoms with Crippen LogP contribution in [0.3, 0.4) is 0 Å². The van der Waals surface area contributed by atoms with Crippen LogP contribution in [-0.2, 0) is 7.05 Å². The standard InChI is InChI=1S/C13H12N2O2S/c1-15-7-6-9(14-15)13(16)11-8-18-12-5-3-2-4-10(12)17-11/h2-7,11H,8H2,1H3. The van der Waals surface area contributed by atoms with E-state index in [0.29, 0.717) is 11.4 Å². The van der Waals surface area contributed by atoms with Crippen molar-refractivity contribution in [3.8, 4) is 5.75 Å². The molecule has 2 aromatic rings. The lowest BCUT2D eigenvalue weighted by Crippen LogP contribution is -2.32. The highest BCUT2D eigenvalue weighted by atomic mass is 32.2. The molecule has 2 heterocycles. The minimum Gasteiger partial charge on any atom is -0.480 e. The van der Waals surface area contributed by atoms with E-state index >= 15 is 0 Å². The molecular formula is C13H12N2O2S. The number of aromatic nitrogens is 2. The zero-order valence-electron chi connectivity index (χ0n) is 9.87. The zero-order valence-corrected chi connectivity index (χ0v) is 10.7. The average Bonchev–Trinajstić information content (AvgIpc) is 2.84. The molecule has 0 saturated heterocycles. The van der Waals surface area contributed by atoms with E-state index in [2.05, 4.69) is 5.10 Å². The number of carbonyl (C=O) groups is 1. The van der Waals surface area contributed by atoms with Gasteiger partial charge >= 0.3 is 0 Å². The minimum atomic E-state index is -0.445. The third-order valence-electron chi connectivity index (χ3n) is 2.77. The lowest BCUT2D eigenvalue weighted by Gasteiger charge is -2.23. The molecule has 18 heavy (non-hydrogen) atoms. The summed E-state index contributed by atoms with van der Waals surface area (Å²) in [4.78, 5) is 13.3. The first-order valence-corrected chi connectivity index (χ1v) is 6.65. The van der Waals surface area contributed by atoms with Crippen LogP contribution in [0.15, 0.2) is 41.4 Å². The Morgan fingerprint density at radius 1 is 1.44 bits per heavy atom. The van der Waals surface area contributed by atoms with Crippen molar-refractivity contribution in [3.05, 3.63) is 42.2 Å². The lowest BCUT2D eigenvalue weighted by atomic mass is 10.2. The van der Waals surface area contributed by atoms with Crippen molar-refractivity contribution >= 4 is 17.5 Å². The molecule has 0 spiro atoms. The van der Waals surface area contributed by atoms with Crippen LogP contribution in [0.1, 0.15) is 10.5 Å². The second-order valence-corrected chi connectivity index (χ2v) is 5.16. The number of nitrogens with zero attached hydrogens (tertiary/aromatic N) is 2. The van der Waals surface area contributed by atoms with Gasteiger partial charge in [0.2, 0.25) is 5.78 Å². The molecule has 1 atom stereocenters. The molecule has 0 bridgehead atoms. The second-order valence-electron chi connectivity index (χ2n) is 4.10. The molecule has 0 saturated carbocycles. The molecule has 1 unspecified atom stereocenters. The van der Waals surface area contributed by atoms with Crippen LogP contribution in [0.2, 0.25) is 0 Å². The summed E-state index contributed by atoms with van der Waals surface area (Å²) >= 11 is 1.65. The van der Waals surface area contributed by atoms with E-state index in [0.717, 1.165) is 10.6 Å². The van der Waals surface area contributed by atoms with Crippen LogP contribution >= 0.6 is 11.8 Å². The molecule has 5 heteroatoms. The predicted molar refractivity (Wildman–Crippen MR) is 69.1 cm³/mol. The number of rotatable bonds is 2. The van der Waals surface area contributed by atoms with Gasteiger partial charge in [0.25, 0.3) is 0 Å². The Morgan fingerprint density at radius 2 is 2.28 bits per heavy atom. The fourth-order valence-corrected chi connectivity index (χ4v) is 2.84. The second kappa shape index (κ2) is 4.49. The molecule has 0 amide bonds. The number of aryl methyl sites for hydroxylation is 1. The van der Waals surface area contributed by atoms with Crippen LogP contribution in [0.4, 0.5) is 0 Å². The third kappa shape index (κ3) is 2.01. The quantitative estimate of drug-likeness (QED) is 0.776. The van der Waals surface area contributed by atoms with Crippen LogP contribution < -0.4 is 4.74 Å². The lowest BCUT2D eigenvalue weighted by molar-refractivity contribution is 0.0809. The van der Waals surface area contributed by atoms with Gasteiger partial charge in [0.1, 0.15) is 11.4 Å². The van der Waals surface area contributed by atoms with Gasteiger partial charge in [-0.2, -0.15) is 5.10 Å². The average molecular weight is 260 g/mol. The van der Waals surface area contributed by atoms with Gasteiger partial charge in [-0.25, -0.2) is 0 Å². The maximum absolute atomic E-state index is 12.2. The van der Waals surface area contributed by atoms with Crippen molar-refractivity contribution in [2.75, 3.05) is 5.75 Å². The number of ether oxygens (including phenoxy) is 1. The molecule has 4 nitrogen and oxygen atoms in total. The summed E-state index contributed by atoms with van der Waals surface area (Å²) in [6.45, 7) is 0. The minimum absolute atomic E-state index is 0.0578. The summed E-state index contributed by atoms with van der Waals surface area (Å²) in [6.07, 6.45) is 1.32. The van der Waals surface area contributed by atoms with Gasteiger partial charge < -0.3 is 4.74 Å². The van der Waals surface area contributed by atoms with Gasteiger partial charge in [-0.3, -0.25) is 9.48 Å². The van der Waals surface area contributed by atoms with Crippen LogP contribution in [0.25, 0.3) is 0 Å². The van der Waals surface area contributed by atoms with Gasteiger partial charge in [-0.15, -0.1) is 11.8 Å². The van der Waals surface area contributed by atoms with E-state index in [4.69, 9.17) is 4.74 Å². The SMILES string of the molecule is Cn1ccc(C(=O)C2CSc3ccccc3O2)n1. The Kier molecular flexibility index (Phi) is 2.83. The number of fused-ring (bicyclic) bond motifs is 1. The van der Waals surface area contributed by atoms with E-state index in [9.17, 15) is 4.79 Å². The summed E-state index contributed by atoms with van der Waals surface area (Å²) in [6, 6.07) is 9.49. The maximum atomic E-state index is 12.2. The van der Waals surface area contributed by atoms with Gasteiger partial charge in [-0.05, 0) is 18.2 Å². The Bertz CT molecular complexity index is 594. The Labute approximate surface area is 109 Å². The van der Waals surface area contributed by atoms with Crippen molar-refractivity contribution < 1.29 is 9.53 Å². The van der Waals surface area contributed by atoms with E-state index in [-0.39, 0.29) is 5.78 Å². The van der Waals surface area contributed by atoms with Gasteiger partial charge in [0.05, 0.1) is 0 Å². The van der Waals surface area contributed by atoms with Crippen molar-refractivity contribution in [2.24, 2.45) is 7.05 Å². The highest BCUT2D eigenvalue weighted by Crippen LogP contribution is 2.35. The molecule has 3 rings (SSSR count). The van der Waals surface area contributed by atoms with E-state index in [1.54, 1.807) is 35.8 Å². The molecule has 1 aromatic carbocycles. The van der Waals surface area contributed by atoms with Crippen molar-refractivity contribution in [1.82, 2.24) is 9.78 Å². The topological polar surface area (TPSA) is 44.1 Å². The summed E-state index contributed by atoms with van der Waals surface area (Å²) in [5, 5.41) is 4.12. The highest BCUT2D eigenvalue weighted by molar-refractivity contribution is 7.99. The van der Waals surface area contributed by atoms with Crippen molar-refractivity contribution in [3.63, 3.8) is 0 Å². The van der Waals surface area contributed by atoms with E-state index < -0.39 is 6.10 Å². The molecule has 0 N–H and O–H groups in total. The van der Waals surface area contributed by atoms with Crippen LogP contribution in [0, 0.1) is 0 Å². The monoisotopic (exact) mass is 260 g/mol. The summed E-state index contributed by atoms with van der Waals surface area (Å²) in [5.41, 5.74) is 0.461. The number of thioether (sulfide) groups is 1. The van der Waals surface area contributed by atoms with E-state index in [1.807, 2.05) is 24.3 Å². The smallest absolute Gasteiger partial charge is 0.224 e. The van der Waals surface area contributed by atoms with Crippen molar-refractivity contribution in [1.29, 1.82) is 0 Å². The first-order valence-electron chi connectivity index (χ1n) is 5.66. The van der Waals surface area contributed by atoms with Crippen LogP contribution in [-0.4, -0.2) is 27.4 Å². The fourth-order valence-electron chi connectivity index (χ4n) is 1.86. The molecule has 0 aliphatic carbocycles. The van der Waals surface area contributed by atoms with Crippen LogP contribution in [0.5, 0.6) is 5.75 Å². The number of Topliss-reactive ketones (excluding diaryl/α,β-unsaturated/α-hetero) is 1. The molecular weight excluding hydrogens is 248 g/mol. The summed E-state index contributed by atoms with van der Waals surface area (Å²) in [5.74, 6) is 1.35. The highest BCUT2D eigenvalue weighted by Gasteiger charge is 2.28. The fraction of sp³-hybridized carbons (Fsp3) is 0.231. The summed E-state index contributed by atoms with van der Waals surface area (Å²) in [7, 11) is 1.79. The molecule has 1 aliphatic heterocycles. The molecule has 92 valence electrons. The number of hydrogen-bond acceptors (Lipinski definition) is 4. The number of carbonyl (C=O) groups excluding carboxylic acids is 1. The largest absolute Gasteiger partial charge is 0.480 e. The Balaban J connectivity index is 1.82. The van der Waals surface area contributed by atoms with Crippen molar-refractivity contribution in [2.45, 2.75) is 11.0 Å². The van der Waals surface area contributed by atoms with E-state index in [1.165, 1.54) is 0 Å². The first kappa shape index (κ1) is 11.3. The molecule has 0 radical (unpaired) electrons. The normalized spacial score (nSPS) is 17.9. The number of hydrogen-bond donors (Lipinski definition) is 0. The zero-order chi connectivity index (χ0) is 12.5. The molecule has 1 aromatic heterocycles. The number of ketones is 1. The Hall–Kier alpha value is -1.75. The first-order chi connectivity index (χ1) is 8.74. The van der Waals surface area contributed by atoms with Gasteiger partial charge in [-0.1, -0.05) is 12.1 Å². The van der Waals surface area contributed by atoms with Gasteiger partial charge in [0, 0.05) is 23.9 Å². The summed E-state index contributed by atoms with van der Waals surface area (Å²) < 4.78 is 7.36. The maximum Gasteiger partial charge on any atom is 0.224 e. The molecule has 0 fully saturated rings. The third-order valence-corrected chi connectivity index (χ3v) is 3.88.